The number of hydrogen-bond donors (Lipinski definition) is 1. The Labute approximate surface area is 290 Å². The van der Waals surface area contributed by atoms with Crippen LogP contribution < -0.4 is 0 Å². The normalized spacial score (nSPS) is 11.9. The van der Waals surface area contributed by atoms with Crippen LogP contribution >= 0.6 is 11.3 Å². The molecule has 0 aliphatic rings. The van der Waals surface area contributed by atoms with Gasteiger partial charge in [0.15, 0.2) is 5.78 Å². The average Bonchev–Trinajstić information content (AvgIpc) is 3.42. The molecular formula is C40H43IrN2O2S-. The van der Waals surface area contributed by atoms with Crippen molar-refractivity contribution in [1.82, 2.24) is 9.97 Å². The van der Waals surface area contributed by atoms with Crippen molar-refractivity contribution in [3.05, 3.63) is 96.5 Å². The first-order valence-corrected chi connectivity index (χ1v) is 17.1. The minimum atomic E-state index is 0. The van der Waals surface area contributed by atoms with Gasteiger partial charge in [0.2, 0.25) is 0 Å². The van der Waals surface area contributed by atoms with Crippen LogP contribution in [-0.4, -0.2) is 20.9 Å². The molecule has 0 amide bonds. The molecule has 6 rings (SSSR count). The molecule has 2 aromatic heterocycles. The number of allylic oxidation sites excluding steroid dienone is 2. The Hall–Kier alpha value is -3.44. The van der Waals surface area contributed by atoms with Gasteiger partial charge in [-0.05, 0) is 60.1 Å². The molecule has 46 heavy (non-hydrogen) atoms. The molecule has 6 aromatic rings. The molecule has 0 fully saturated rings. The first-order valence-electron chi connectivity index (χ1n) is 16.2. The third-order valence-corrected chi connectivity index (χ3v) is 10.1. The number of aromatic nitrogens is 2. The molecular weight excluding hydrogens is 765 g/mol. The standard InChI is InChI=1S/C27H19N2S.C13H24O2.Ir/c1-16(2)18-8-9-20-13-23-24(14-22(20)11-18)30-27-25(28-15-29-26(23)27)21-10-7-17-5-3-4-6-19(17)12-21;1-5-10(6-2)12(14)9-13(15)11(7-3)8-4;/h3-9,11-16H,1-2H3;9-11,14H,5-8H2,1-4H3;/q-1;;/b;12-9-;. The number of rotatable bonds is 9. The molecule has 1 N–H and O–H groups in total. The van der Waals surface area contributed by atoms with Gasteiger partial charge >= 0.3 is 0 Å². The van der Waals surface area contributed by atoms with Crippen LogP contribution in [0, 0.1) is 17.9 Å². The number of aliphatic hydroxyl groups excluding tert-OH is 1. The van der Waals surface area contributed by atoms with Gasteiger partial charge in [0.1, 0.15) is 6.33 Å². The summed E-state index contributed by atoms with van der Waals surface area (Å²) >= 11 is 1.77. The third-order valence-electron chi connectivity index (χ3n) is 8.92. The number of thiophene rings is 1. The fraction of sp³-hybridized carbons (Fsp3) is 0.325. The van der Waals surface area contributed by atoms with Crippen molar-refractivity contribution < 1.29 is 30.0 Å². The average molecular weight is 808 g/mol. The van der Waals surface area contributed by atoms with Crippen LogP contribution in [0.3, 0.4) is 0 Å². The molecule has 0 aliphatic heterocycles. The second-order valence-electron chi connectivity index (χ2n) is 12.1. The van der Waals surface area contributed by atoms with E-state index in [-0.39, 0.29) is 43.5 Å². The van der Waals surface area contributed by atoms with E-state index in [0.717, 1.165) is 47.2 Å². The number of nitrogens with zero attached hydrogens (tertiary/aromatic N) is 2. The monoisotopic (exact) mass is 808 g/mol. The summed E-state index contributed by atoms with van der Waals surface area (Å²) in [5.74, 6) is 1.07. The van der Waals surface area contributed by atoms with Crippen LogP contribution in [0.4, 0.5) is 0 Å². The van der Waals surface area contributed by atoms with Crippen LogP contribution in [-0.2, 0) is 24.9 Å². The molecule has 0 aliphatic carbocycles. The van der Waals surface area contributed by atoms with E-state index in [4.69, 9.17) is 0 Å². The van der Waals surface area contributed by atoms with Crippen molar-refractivity contribution >= 4 is 59.0 Å². The molecule has 0 atom stereocenters. The molecule has 241 valence electrons. The molecule has 6 heteroatoms. The van der Waals surface area contributed by atoms with E-state index in [2.05, 4.69) is 90.5 Å². The van der Waals surface area contributed by atoms with E-state index in [1.165, 1.54) is 43.3 Å². The molecule has 0 saturated heterocycles. The summed E-state index contributed by atoms with van der Waals surface area (Å²) in [6.07, 6.45) is 6.59. The maximum atomic E-state index is 11.7. The quantitative estimate of drug-likeness (QED) is 0.0898. The van der Waals surface area contributed by atoms with Crippen molar-refractivity contribution in [3.63, 3.8) is 0 Å². The molecule has 1 radical (unpaired) electrons. The zero-order valence-corrected chi connectivity index (χ0v) is 30.8. The van der Waals surface area contributed by atoms with Crippen molar-refractivity contribution in [2.24, 2.45) is 11.8 Å². The topological polar surface area (TPSA) is 63.1 Å². The van der Waals surface area contributed by atoms with Gasteiger partial charge in [0.05, 0.1) is 11.3 Å². The van der Waals surface area contributed by atoms with E-state index < -0.39 is 0 Å². The predicted molar refractivity (Wildman–Crippen MR) is 192 cm³/mol. The zero-order valence-electron chi connectivity index (χ0n) is 27.6. The van der Waals surface area contributed by atoms with Crippen LogP contribution in [0.2, 0.25) is 0 Å². The SMILES string of the molecule is CC(C)c1ccc2cc3c(cc2c1)sc1c(-c2[c-]cc4ccccc4c2)ncnc13.CCC(CC)C(=O)/C=C(\O)C(CC)CC.[Ir]. The first kappa shape index (κ1) is 35.4. The van der Waals surface area contributed by atoms with E-state index in [9.17, 15) is 9.90 Å². The maximum absolute atomic E-state index is 11.7. The van der Waals surface area contributed by atoms with E-state index in [0.29, 0.717) is 5.92 Å². The summed E-state index contributed by atoms with van der Waals surface area (Å²) in [6, 6.07) is 27.4. The summed E-state index contributed by atoms with van der Waals surface area (Å²) in [7, 11) is 0. The number of hydrogen-bond acceptors (Lipinski definition) is 5. The molecule has 2 heterocycles. The van der Waals surface area contributed by atoms with Crippen LogP contribution in [0.1, 0.15) is 78.7 Å². The van der Waals surface area contributed by atoms with Crippen molar-refractivity contribution in [2.75, 3.05) is 0 Å². The molecule has 4 aromatic carbocycles. The Morgan fingerprint density at radius 3 is 2.20 bits per heavy atom. The molecule has 4 nitrogen and oxygen atoms in total. The largest absolute Gasteiger partial charge is 0.512 e. The Kier molecular flexibility index (Phi) is 12.2. The van der Waals surface area contributed by atoms with Gasteiger partial charge in [0, 0.05) is 58.5 Å². The maximum Gasteiger partial charge on any atom is 0.162 e. The van der Waals surface area contributed by atoms with Gasteiger partial charge in [-0.3, -0.25) is 9.78 Å². The van der Waals surface area contributed by atoms with Gasteiger partial charge in [-0.1, -0.05) is 89.4 Å². The summed E-state index contributed by atoms with van der Waals surface area (Å²) in [4.78, 5) is 21.0. The molecule has 0 bridgehead atoms. The minimum absolute atomic E-state index is 0. The van der Waals surface area contributed by atoms with Crippen molar-refractivity contribution in [3.8, 4) is 11.3 Å². The molecule has 0 saturated carbocycles. The smallest absolute Gasteiger partial charge is 0.162 e. The second kappa shape index (κ2) is 15.9. The molecule has 0 unspecified atom stereocenters. The summed E-state index contributed by atoms with van der Waals surface area (Å²) in [6.45, 7) is 12.5. The number of carbonyl (C=O) groups excluding carboxylic acids is 1. The Morgan fingerprint density at radius 1 is 0.848 bits per heavy atom. The van der Waals surface area contributed by atoms with Crippen LogP contribution in [0.5, 0.6) is 0 Å². The number of benzene rings is 4. The Bertz CT molecular complexity index is 1990. The van der Waals surface area contributed by atoms with E-state index in [1.54, 1.807) is 17.7 Å². The summed E-state index contributed by atoms with van der Waals surface area (Å²) in [5, 5.41) is 15.9. The van der Waals surface area contributed by atoms with Crippen molar-refractivity contribution in [2.45, 2.75) is 73.1 Å². The fourth-order valence-corrected chi connectivity index (χ4v) is 7.12. The van der Waals surface area contributed by atoms with Gasteiger partial charge in [-0.15, -0.1) is 40.5 Å². The van der Waals surface area contributed by atoms with Crippen LogP contribution in [0.25, 0.3) is 53.1 Å². The number of fused-ring (bicyclic) bond motifs is 5. The summed E-state index contributed by atoms with van der Waals surface area (Å²) < 4.78 is 2.37. The van der Waals surface area contributed by atoms with E-state index >= 15 is 0 Å². The van der Waals surface area contributed by atoms with Gasteiger partial charge in [-0.2, -0.15) is 0 Å². The second-order valence-corrected chi connectivity index (χ2v) is 13.1. The minimum Gasteiger partial charge on any atom is -0.512 e. The predicted octanol–water partition coefficient (Wildman–Crippen LogP) is 11.6. The number of ketones is 1. The fourth-order valence-electron chi connectivity index (χ4n) is 5.93. The van der Waals surface area contributed by atoms with Crippen LogP contribution in [0.15, 0.2) is 84.9 Å². The third kappa shape index (κ3) is 7.57. The number of aliphatic hydroxyl groups is 1. The van der Waals surface area contributed by atoms with E-state index in [1.807, 2.05) is 33.8 Å². The van der Waals surface area contributed by atoms with Crippen molar-refractivity contribution in [1.29, 1.82) is 0 Å². The number of carbonyl (C=O) groups is 1. The van der Waals surface area contributed by atoms with Gasteiger partial charge < -0.3 is 5.11 Å². The Balaban J connectivity index is 0.000000259. The zero-order chi connectivity index (χ0) is 32.1. The summed E-state index contributed by atoms with van der Waals surface area (Å²) in [5.41, 5.74) is 4.36. The van der Waals surface area contributed by atoms with Gasteiger partial charge in [-0.25, -0.2) is 4.98 Å². The van der Waals surface area contributed by atoms with Gasteiger partial charge in [0.25, 0.3) is 0 Å². The Morgan fingerprint density at radius 2 is 1.52 bits per heavy atom. The molecule has 0 spiro atoms. The first-order chi connectivity index (χ1) is 21.8.